The van der Waals surface area contributed by atoms with Crippen LogP contribution in [0.5, 0.6) is 0 Å². The van der Waals surface area contributed by atoms with Crippen molar-refractivity contribution in [1.29, 1.82) is 0 Å². The van der Waals surface area contributed by atoms with Crippen molar-refractivity contribution in [3.05, 3.63) is 11.6 Å². The molecule has 1 aliphatic rings. The molecule has 3 nitrogen and oxygen atoms in total. The summed E-state index contributed by atoms with van der Waals surface area (Å²) in [5.41, 5.74) is 1.28. The van der Waals surface area contributed by atoms with Crippen molar-refractivity contribution in [3.63, 3.8) is 0 Å². The first kappa shape index (κ1) is 9.10. The van der Waals surface area contributed by atoms with E-state index >= 15 is 0 Å². The van der Waals surface area contributed by atoms with E-state index in [0.717, 1.165) is 19.5 Å². The van der Waals surface area contributed by atoms with Crippen molar-refractivity contribution in [1.82, 2.24) is 10.2 Å². The summed E-state index contributed by atoms with van der Waals surface area (Å²) < 4.78 is 0. The molecule has 0 bridgehead atoms. The summed E-state index contributed by atoms with van der Waals surface area (Å²) >= 11 is 0. The van der Waals surface area contributed by atoms with E-state index in [1.807, 2.05) is 11.8 Å². The largest absolute Gasteiger partial charge is 0.338 e. The van der Waals surface area contributed by atoms with Crippen molar-refractivity contribution in [3.8, 4) is 0 Å². The Morgan fingerprint density at radius 3 is 3.08 bits per heavy atom. The lowest BCUT2D eigenvalue weighted by Crippen LogP contribution is -2.42. The zero-order valence-corrected chi connectivity index (χ0v) is 7.76. The summed E-state index contributed by atoms with van der Waals surface area (Å²) in [5.74, 6) is 0. The number of nitrogens with one attached hydrogen (secondary N) is 1. The summed E-state index contributed by atoms with van der Waals surface area (Å²) in [6.45, 7) is 6.34. The second-order valence-corrected chi connectivity index (χ2v) is 3.10. The van der Waals surface area contributed by atoms with Crippen LogP contribution in [0.1, 0.15) is 20.3 Å². The van der Waals surface area contributed by atoms with Gasteiger partial charge in [0.05, 0.1) is 0 Å². The molecule has 1 rings (SSSR count). The van der Waals surface area contributed by atoms with Crippen molar-refractivity contribution < 1.29 is 4.79 Å². The highest BCUT2D eigenvalue weighted by molar-refractivity contribution is 5.74. The molecule has 2 amide bonds. The summed E-state index contributed by atoms with van der Waals surface area (Å²) in [7, 11) is 0. The van der Waals surface area contributed by atoms with Gasteiger partial charge in [-0.05, 0) is 20.3 Å². The lowest BCUT2D eigenvalue weighted by Gasteiger charge is -2.26. The summed E-state index contributed by atoms with van der Waals surface area (Å²) in [6, 6.07) is 0.0601. The number of hydrogen-bond donors (Lipinski definition) is 1. The number of nitrogens with zero attached hydrogens (tertiary/aromatic N) is 1. The van der Waals surface area contributed by atoms with Crippen LogP contribution in [0.2, 0.25) is 0 Å². The third-order valence-corrected chi connectivity index (χ3v) is 1.95. The van der Waals surface area contributed by atoms with Gasteiger partial charge in [0.2, 0.25) is 0 Å². The molecule has 0 saturated heterocycles. The second kappa shape index (κ2) is 4.14. The van der Waals surface area contributed by atoms with Gasteiger partial charge in [-0.25, -0.2) is 4.79 Å². The molecule has 0 fully saturated rings. The number of rotatable bonds is 1. The first-order valence-corrected chi connectivity index (χ1v) is 4.42. The molecule has 0 atom stereocenters. The van der Waals surface area contributed by atoms with Crippen LogP contribution in [0.15, 0.2) is 11.6 Å². The molecule has 0 aromatic heterocycles. The van der Waals surface area contributed by atoms with E-state index in [9.17, 15) is 4.79 Å². The molecule has 0 spiro atoms. The molecule has 0 unspecified atom stereocenters. The Hall–Kier alpha value is -0.990. The maximum Gasteiger partial charge on any atom is 0.317 e. The standard InChI is InChI=1S/C9H16N2O/c1-3-10-9(12)11-6-4-5-8(2)7-11/h5H,3-4,6-7H2,1-2H3,(H,10,12). The molecule has 0 saturated carbocycles. The Morgan fingerprint density at radius 1 is 1.75 bits per heavy atom. The minimum absolute atomic E-state index is 0.0601. The fraction of sp³-hybridized carbons (Fsp3) is 0.667. The van der Waals surface area contributed by atoms with Crippen LogP contribution in [0.4, 0.5) is 4.79 Å². The average molecular weight is 168 g/mol. The average Bonchev–Trinajstić information content (AvgIpc) is 2.05. The quantitative estimate of drug-likeness (QED) is 0.589. The third kappa shape index (κ3) is 2.26. The van der Waals surface area contributed by atoms with Crippen molar-refractivity contribution in [2.45, 2.75) is 20.3 Å². The minimum Gasteiger partial charge on any atom is -0.338 e. The fourth-order valence-corrected chi connectivity index (χ4v) is 1.35. The lowest BCUT2D eigenvalue weighted by molar-refractivity contribution is 0.201. The van der Waals surface area contributed by atoms with E-state index < -0.39 is 0 Å². The Balaban J connectivity index is 2.43. The predicted octanol–water partition coefficient (Wildman–Crippen LogP) is 1.37. The predicted molar refractivity (Wildman–Crippen MR) is 49.0 cm³/mol. The minimum atomic E-state index is 0.0601. The van der Waals surface area contributed by atoms with E-state index in [2.05, 4.69) is 18.3 Å². The number of carbonyl (C=O) groups excluding carboxylic acids is 1. The SMILES string of the molecule is CCNC(=O)N1CCC=C(C)C1. The molecule has 3 heteroatoms. The molecule has 1 aliphatic heterocycles. The van der Waals surface area contributed by atoms with Gasteiger partial charge in [0.1, 0.15) is 0 Å². The molecule has 12 heavy (non-hydrogen) atoms. The van der Waals surface area contributed by atoms with Gasteiger partial charge >= 0.3 is 6.03 Å². The van der Waals surface area contributed by atoms with Gasteiger partial charge in [-0.1, -0.05) is 11.6 Å². The molecule has 0 aromatic rings. The highest BCUT2D eigenvalue weighted by atomic mass is 16.2. The van der Waals surface area contributed by atoms with Gasteiger partial charge in [0.25, 0.3) is 0 Å². The third-order valence-electron chi connectivity index (χ3n) is 1.95. The number of amides is 2. The van der Waals surface area contributed by atoms with E-state index in [1.165, 1.54) is 5.57 Å². The molecule has 1 heterocycles. The van der Waals surface area contributed by atoms with Crippen molar-refractivity contribution in [2.24, 2.45) is 0 Å². The molecule has 0 aliphatic carbocycles. The summed E-state index contributed by atoms with van der Waals surface area (Å²) in [6.07, 6.45) is 3.18. The van der Waals surface area contributed by atoms with Gasteiger partial charge < -0.3 is 10.2 Å². The van der Waals surface area contributed by atoms with Gasteiger partial charge in [-0.3, -0.25) is 0 Å². The van der Waals surface area contributed by atoms with Crippen LogP contribution >= 0.6 is 0 Å². The van der Waals surface area contributed by atoms with E-state index in [0.29, 0.717) is 6.54 Å². The van der Waals surface area contributed by atoms with Gasteiger partial charge in [-0.15, -0.1) is 0 Å². The monoisotopic (exact) mass is 168 g/mol. The number of hydrogen-bond acceptors (Lipinski definition) is 1. The number of urea groups is 1. The van der Waals surface area contributed by atoms with Crippen LogP contribution < -0.4 is 5.32 Å². The normalized spacial score (nSPS) is 17.2. The Labute approximate surface area is 73.4 Å². The number of carbonyl (C=O) groups is 1. The smallest absolute Gasteiger partial charge is 0.317 e. The topological polar surface area (TPSA) is 32.3 Å². The van der Waals surface area contributed by atoms with E-state index in [4.69, 9.17) is 0 Å². The maximum atomic E-state index is 11.3. The van der Waals surface area contributed by atoms with Gasteiger partial charge in [0, 0.05) is 19.6 Å². The molecule has 1 N–H and O–H groups in total. The fourth-order valence-electron chi connectivity index (χ4n) is 1.35. The maximum absolute atomic E-state index is 11.3. The van der Waals surface area contributed by atoms with E-state index in [1.54, 1.807) is 0 Å². The van der Waals surface area contributed by atoms with Crippen LogP contribution in [0.3, 0.4) is 0 Å². The zero-order chi connectivity index (χ0) is 8.97. The summed E-state index contributed by atoms with van der Waals surface area (Å²) in [4.78, 5) is 13.2. The first-order chi connectivity index (χ1) is 5.74. The molecule has 0 aromatic carbocycles. The molecule has 68 valence electrons. The Bertz CT molecular complexity index is 199. The lowest BCUT2D eigenvalue weighted by atomic mass is 10.1. The van der Waals surface area contributed by atoms with Crippen molar-refractivity contribution >= 4 is 6.03 Å². The van der Waals surface area contributed by atoms with Crippen LogP contribution in [-0.2, 0) is 0 Å². The Kier molecular flexibility index (Phi) is 3.14. The molecular weight excluding hydrogens is 152 g/mol. The highest BCUT2D eigenvalue weighted by Gasteiger charge is 2.14. The molecular formula is C9H16N2O. The van der Waals surface area contributed by atoms with Crippen LogP contribution in [0.25, 0.3) is 0 Å². The zero-order valence-electron chi connectivity index (χ0n) is 7.76. The van der Waals surface area contributed by atoms with Crippen LogP contribution in [-0.4, -0.2) is 30.6 Å². The van der Waals surface area contributed by atoms with Crippen LogP contribution in [0, 0.1) is 0 Å². The summed E-state index contributed by atoms with van der Waals surface area (Å²) in [5, 5.41) is 2.80. The van der Waals surface area contributed by atoms with Crippen molar-refractivity contribution in [2.75, 3.05) is 19.6 Å². The highest BCUT2D eigenvalue weighted by Crippen LogP contribution is 2.08. The van der Waals surface area contributed by atoms with Gasteiger partial charge in [0.15, 0.2) is 0 Å². The van der Waals surface area contributed by atoms with E-state index in [-0.39, 0.29) is 6.03 Å². The second-order valence-electron chi connectivity index (χ2n) is 3.10. The molecule has 0 radical (unpaired) electrons. The Morgan fingerprint density at radius 2 is 2.50 bits per heavy atom. The van der Waals surface area contributed by atoms with Gasteiger partial charge in [-0.2, -0.15) is 0 Å². The first-order valence-electron chi connectivity index (χ1n) is 4.42.